The van der Waals surface area contributed by atoms with Gasteiger partial charge in [0.25, 0.3) is 0 Å². The third-order valence-corrected chi connectivity index (χ3v) is 5.06. The summed E-state index contributed by atoms with van der Waals surface area (Å²) in [4.78, 5) is 13.7. The normalized spacial score (nSPS) is 16.8. The number of ether oxygens (including phenoxy) is 1. The van der Waals surface area contributed by atoms with Gasteiger partial charge in [0, 0.05) is 44.8 Å². The maximum Gasteiger partial charge on any atom is 0.221 e. The Morgan fingerprint density at radius 3 is 2.36 bits per heavy atom. The summed E-state index contributed by atoms with van der Waals surface area (Å²) >= 11 is 0. The maximum atomic E-state index is 11.1. The summed E-state index contributed by atoms with van der Waals surface area (Å²) < 4.78 is 5.52. The highest BCUT2D eigenvalue weighted by Gasteiger charge is 2.26. The van der Waals surface area contributed by atoms with E-state index in [9.17, 15) is 4.79 Å². The molecule has 1 aromatic rings. The summed E-state index contributed by atoms with van der Waals surface area (Å²) in [6, 6.07) is 8.62. The molecule has 1 amide bonds. The molecule has 0 spiro atoms. The van der Waals surface area contributed by atoms with Gasteiger partial charge in [-0.3, -0.25) is 9.69 Å². The van der Waals surface area contributed by atoms with Crippen LogP contribution in [0.3, 0.4) is 0 Å². The Kier molecular flexibility index (Phi) is 8.38. The van der Waals surface area contributed by atoms with Crippen LogP contribution >= 0.6 is 0 Å². The van der Waals surface area contributed by atoms with Crippen molar-refractivity contribution in [3.05, 3.63) is 29.8 Å². The van der Waals surface area contributed by atoms with Crippen LogP contribution in [-0.2, 0) is 16.1 Å². The average molecular weight is 348 g/mol. The number of carbonyl (C=O) groups is 1. The molecule has 1 saturated heterocycles. The van der Waals surface area contributed by atoms with Crippen LogP contribution < -0.4 is 10.6 Å². The first-order valence-electron chi connectivity index (χ1n) is 9.53. The van der Waals surface area contributed by atoms with Gasteiger partial charge in [0.1, 0.15) is 0 Å². The first kappa shape index (κ1) is 19.9. The predicted molar refractivity (Wildman–Crippen MR) is 103 cm³/mol. The zero-order valence-corrected chi connectivity index (χ0v) is 15.9. The Balaban J connectivity index is 1.87. The first-order valence-corrected chi connectivity index (χ1v) is 9.53. The van der Waals surface area contributed by atoms with Crippen LogP contribution in [0.5, 0.6) is 0 Å². The quantitative estimate of drug-likeness (QED) is 0.721. The lowest BCUT2D eigenvalue weighted by molar-refractivity contribution is -0.114. The van der Waals surface area contributed by atoms with Crippen LogP contribution in [0.15, 0.2) is 24.3 Å². The highest BCUT2D eigenvalue weighted by Crippen LogP contribution is 2.20. The first-order chi connectivity index (χ1) is 12.1. The number of nitrogens with one attached hydrogen (secondary N) is 2. The minimum Gasteiger partial charge on any atom is -0.379 e. The lowest BCUT2D eigenvalue weighted by Crippen LogP contribution is -2.51. The summed E-state index contributed by atoms with van der Waals surface area (Å²) in [5, 5.41) is 6.44. The highest BCUT2D eigenvalue weighted by atomic mass is 16.5. The zero-order chi connectivity index (χ0) is 18.1. The number of rotatable bonds is 9. The number of amides is 1. The average Bonchev–Trinajstić information content (AvgIpc) is 2.63. The molecule has 1 heterocycles. The van der Waals surface area contributed by atoms with Crippen molar-refractivity contribution >= 4 is 11.6 Å². The van der Waals surface area contributed by atoms with Gasteiger partial charge >= 0.3 is 0 Å². The molecule has 0 aliphatic carbocycles. The second-order valence-electron chi connectivity index (χ2n) is 6.80. The Morgan fingerprint density at radius 1 is 1.16 bits per heavy atom. The molecule has 0 bridgehead atoms. The zero-order valence-electron chi connectivity index (χ0n) is 15.9. The molecule has 0 radical (unpaired) electrons. The van der Waals surface area contributed by atoms with E-state index >= 15 is 0 Å². The van der Waals surface area contributed by atoms with E-state index < -0.39 is 0 Å². The molecule has 0 aromatic heterocycles. The standard InChI is InChI=1S/C20H33N3O2/c1-4-18(5-2)20(23-10-12-25-13-11-23)15-21-14-17-6-8-19(9-7-17)22-16(3)24/h6-9,18,20-21H,4-5,10-15H2,1-3H3,(H,22,24)/t20-/m0/s1. The van der Waals surface area contributed by atoms with Crippen LogP contribution in [0.1, 0.15) is 39.2 Å². The van der Waals surface area contributed by atoms with Gasteiger partial charge in [0.2, 0.25) is 5.91 Å². The minimum atomic E-state index is -0.0376. The van der Waals surface area contributed by atoms with Crippen molar-refractivity contribution in [3.8, 4) is 0 Å². The van der Waals surface area contributed by atoms with Gasteiger partial charge in [-0.05, 0) is 23.6 Å². The van der Waals surface area contributed by atoms with E-state index in [2.05, 4.69) is 41.5 Å². The number of hydrogen-bond donors (Lipinski definition) is 2. The topological polar surface area (TPSA) is 53.6 Å². The van der Waals surface area contributed by atoms with Crippen LogP contribution in [-0.4, -0.2) is 49.7 Å². The SMILES string of the molecule is CCC(CC)[C@H](CNCc1ccc(NC(C)=O)cc1)N1CCOCC1. The fourth-order valence-electron chi connectivity index (χ4n) is 3.61. The third kappa shape index (κ3) is 6.42. The van der Waals surface area contributed by atoms with Gasteiger partial charge in [-0.2, -0.15) is 0 Å². The predicted octanol–water partition coefficient (Wildman–Crippen LogP) is 2.87. The van der Waals surface area contributed by atoms with Crippen molar-refractivity contribution in [1.82, 2.24) is 10.2 Å². The van der Waals surface area contributed by atoms with E-state index in [0.29, 0.717) is 12.0 Å². The molecule has 5 nitrogen and oxygen atoms in total. The van der Waals surface area contributed by atoms with Crippen molar-refractivity contribution < 1.29 is 9.53 Å². The molecular weight excluding hydrogens is 314 g/mol. The van der Waals surface area contributed by atoms with Gasteiger partial charge in [0.15, 0.2) is 0 Å². The number of morpholine rings is 1. The van der Waals surface area contributed by atoms with E-state index in [1.165, 1.54) is 25.3 Å². The minimum absolute atomic E-state index is 0.0376. The van der Waals surface area contributed by atoms with Gasteiger partial charge in [-0.15, -0.1) is 0 Å². The molecule has 5 heteroatoms. The summed E-state index contributed by atoms with van der Waals surface area (Å²) in [5.74, 6) is 0.678. The molecule has 1 aliphatic rings. The fraction of sp³-hybridized carbons (Fsp3) is 0.650. The molecule has 140 valence electrons. The third-order valence-electron chi connectivity index (χ3n) is 5.06. The Morgan fingerprint density at radius 2 is 1.80 bits per heavy atom. The van der Waals surface area contributed by atoms with E-state index in [1.54, 1.807) is 0 Å². The molecule has 0 saturated carbocycles. The number of nitrogens with zero attached hydrogens (tertiary/aromatic N) is 1. The lowest BCUT2D eigenvalue weighted by Gasteiger charge is -2.39. The summed E-state index contributed by atoms with van der Waals surface area (Å²) in [5.41, 5.74) is 2.08. The smallest absolute Gasteiger partial charge is 0.221 e. The van der Waals surface area contributed by atoms with Crippen LogP contribution in [0.4, 0.5) is 5.69 Å². The van der Waals surface area contributed by atoms with E-state index in [1.807, 2.05) is 12.1 Å². The Bertz CT molecular complexity index is 508. The number of hydrogen-bond acceptors (Lipinski definition) is 4. The van der Waals surface area contributed by atoms with Crippen molar-refractivity contribution in [2.45, 2.75) is 46.2 Å². The second-order valence-corrected chi connectivity index (χ2v) is 6.80. The largest absolute Gasteiger partial charge is 0.379 e. The number of benzene rings is 1. The second kappa shape index (κ2) is 10.5. The molecule has 25 heavy (non-hydrogen) atoms. The molecule has 2 rings (SSSR count). The molecule has 1 aliphatic heterocycles. The summed E-state index contributed by atoms with van der Waals surface area (Å²) in [6.45, 7) is 11.7. The number of carbonyl (C=O) groups excluding carboxylic acids is 1. The molecule has 1 fully saturated rings. The van der Waals surface area contributed by atoms with Crippen molar-refractivity contribution in [2.24, 2.45) is 5.92 Å². The molecule has 1 atom stereocenters. The van der Waals surface area contributed by atoms with Gasteiger partial charge in [-0.1, -0.05) is 38.8 Å². The van der Waals surface area contributed by atoms with Crippen molar-refractivity contribution in [2.75, 3.05) is 38.2 Å². The van der Waals surface area contributed by atoms with Crippen molar-refractivity contribution in [3.63, 3.8) is 0 Å². The summed E-state index contributed by atoms with van der Waals surface area (Å²) in [6.07, 6.45) is 2.43. The Hall–Kier alpha value is -1.43. The van der Waals surface area contributed by atoms with Crippen LogP contribution in [0.25, 0.3) is 0 Å². The monoisotopic (exact) mass is 347 g/mol. The molecule has 0 unspecified atom stereocenters. The van der Waals surface area contributed by atoms with Gasteiger partial charge in [0.05, 0.1) is 13.2 Å². The molecule has 1 aromatic carbocycles. The van der Waals surface area contributed by atoms with E-state index in [0.717, 1.165) is 45.1 Å². The maximum absolute atomic E-state index is 11.1. The van der Waals surface area contributed by atoms with Gasteiger partial charge < -0.3 is 15.4 Å². The highest BCUT2D eigenvalue weighted by molar-refractivity contribution is 5.88. The van der Waals surface area contributed by atoms with Crippen LogP contribution in [0.2, 0.25) is 0 Å². The van der Waals surface area contributed by atoms with Gasteiger partial charge in [-0.25, -0.2) is 0 Å². The fourth-order valence-corrected chi connectivity index (χ4v) is 3.61. The Labute approximate surface area is 152 Å². The molecular formula is C20H33N3O2. The van der Waals surface area contributed by atoms with E-state index in [4.69, 9.17) is 4.74 Å². The molecule has 2 N–H and O–H groups in total. The lowest BCUT2D eigenvalue weighted by atomic mass is 9.92. The van der Waals surface area contributed by atoms with Crippen molar-refractivity contribution in [1.29, 1.82) is 0 Å². The van der Waals surface area contributed by atoms with Crippen LogP contribution in [0, 0.1) is 5.92 Å². The van der Waals surface area contributed by atoms with E-state index in [-0.39, 0.29) is 5.91 Å². The summed E-state index contributed by atoms with van der Waals surface area (Å²) in [7, 11) is 0. The number of anilines is 1.